The van der Waals surface area contributed by atoms with E-state index in [1.54, 1.807) is 4.90 Å². The lowest BCUT2D eigenvalue weighted by Crippen LogP contribution is -2.60. The van der Waals surface area contributed by atoms with Crippen molar-refractivity contribution in [1.82, 2.24) is 4.90 Å². The fourth-order valence-electron chi connectivity index (χ4n) is 5.73. The highest BCUT2D eigenvalue weighted by Crippen LogP contribution is 2.63. The first-order valence-electron chi connectivity index (χ1n) is 10.3. The number of hydrogen-bond donors (Lipinski definition) is 1. The minimum absolute atomic E-state index is 0.0713. The van der Waals surface area contributed by atoms with Crippen LogP contribution in [0.1, 0.15) is 46.1 Å². The molecule has 3 fully saturated rings. The Kier molecular flexibility index (Phi) is 3.67. The van der Waals surface area contributed by atoms with E-state index in [0.717, 1.165) is 12.3 Å². The molecule has 4 aliphatic rings. The standard InChI is InChI=1S/C22H28N2O4/c1-12(2)9-16-18(25)24-15(19(26)28-16)10-22(21(3,4)17-11-27-17)13-7-5-6-8-14(13)23-20(22)24/h5-8,12,15-17,20,23H,9-11H2,1-4H3/t15-,16-,17?,20-,22+/m0/s1. The molecule has 1 aromatic carbocycles. The molecular formula is C22H28N2O4. The molecule has 1 unspecified atom stereocenters. The molecular weight excluding hydrogens is 356 g/mol. The van der Waals surface area contributed by atoms with E-state index in [0.29, 0.717) is 12.8 Å². The van der Waals surface area contributed by atoms with Crippen LogP contribution >= 0.6 is 0 Å². The molecule has 5 atom stereocenters. The summed E-state index contributed by atoms with van der Waals surface area (Å²) in [5, 5.41) is 3.59. The van der Waals surface area contributed by atoms with Crippen molar-refractivity contribution in [3.8, 4) is 0 Å². The van der Waals surface area contributed by atoms with Crippen molar-refractivity contribution in [3.63, 3.8) is 0 Å². The van der Waals surface area contributed by atoms with Crippen LogP contribution in [-0.4, -0.2) is 47.8 Å². The van der Waals surface area contributed by atoms with Gasteiger partial charge in [-0.05, 0) is 30.4 Å². The van der Waals surface area contributed by atoms with Crippen LogP contribution in [0.25, 0.3) is 0 Å². The summed E-state index contributed by atoms with van der Waals surface area (Å²) < 4.78 is 11.4. The van der Waals surface area contributed by atoms with Gasteiger partial charge in [0.15, 0.2) is 6.10 Å². The minimum Gasteiger partial charge on any atom is -0.451 e. The summed E-state index contributed by atoms with van der Waals surface area (Å²) >= 11 is 0. The number of morpholine rings is 1. The third kappa shape index (κ3) is 2.18. The van der Waals surface area contributed by atoms with Gasteiger partial charge in [-0.15, -0.1) is 0 Å². The number of amides is 1. The van der Waals surface area contributed by atoms with Crippen LogP contribution in [0.5, 0.6) is 0 Å². The van der Waals surface area contributed by atoms with Crippen LogP contribution in [0.15, 0.2) is 24.3 Å². The van der Waals surface area contributed by atoms with Gasteiger partial charge in [0.1, 0.15) is 12.2 Å². The number of epoxide rings is 1. The number of carbonyl (C=O) groups is 2. The van der Waals surface area contributed by atoms with Crippen LogP contribution < -0.4 is 5.32 Å². The molecule has 0 spiro atoms. The summed E-state index contributed by atoms with van der Waals surface area (Å²) in [6.07, 6.45) is 0.291. The summed E-state index contributed by atoms with van der Waals surface area (Å²) in [6, 6.07) is 7.69. The number of ether oxygens (including phenoxy) is 2. The van der Waals surface area contributed by atoms with Crippen molar-refractivity contribution in [2.24, 2.45) is 11.3 Å². The van der Waals surface area contributed by atoms with Gasteiger partial charge in [0.2, 0.25) is 0 Å². The van der Waals surface area contributed by atoms with Gasteiger partial charge in [-0.25, -0.2) is 4.79 Å². The first-order valence-corrected chi connectivity index (χ1v) is 10.3. The minimum atomic E-state index is -0.689. The molecule has 6 nitrogen and oxygen atoms in total. The van der Waals surface area contributed by atoms with Gasteiger partial charge in [-0.1, -0.05) is 45.9 Å². The zero-order valence-corrected chi connectivity index (χ0v) is 16.9. The lowest BCUT2D eigenvalue weighted by Gasteiger charge is -2.45. The molecule has 0 saturated carbocycles. The highest BCUT2D eigenvalue weighted by molar-refractivity contribution is 5.95. The zero-order valence-electron chi connectivity index (χ0n) is 16.9. The fraction of sp³-hybridized carbons (Fsp3) is 0.636. The number of nitrogens with one attached hydrogen (secondary N) is 1. The van der Waals surface area contributed by atoms with Crippen LogP contribution in [0, 0.1) is 11.3 Å². The fourth-order valence-corrected chi connectivity index (χ4v) is 5.73. The average molecular weight is 384 g/mol. The lowest BCUT2D eigenvalue weighted by molar-refractivity contribution is -0.178. The second-order valence-corrected chi connectivity index (χ2v) is 9.63. The summed E-state index contributed by atoms with van der Waals surface area (Å²) in [5.74, 6) is -0.0699. The van der Waals surface area contributed by atoms with E-state index in [-0.39, 0.29) is 35.5 Å². The summed E-state index contributed by atoms with van der Waals surface area (Å²) in [4.78, 5) is 28.1. The third-order valence-corrected chi connectivity index (χ3v) is 7.33. The first kappa shape index (κ1) is 18.0. The molecule has 1 amide bonds. The largest absolute Gasteiger partial charge is 0.451 e. The monoisotopic (exact) mass is 384 g/mol. The zero-order chi connectivity index (χ0) is 19.8. The number of fused-ring (bicyclic) bond motifs is 5. The van der Waals surface area contributed by atoms with E-state index in [9.17, 15) is 9.59 Å². The van der Waals surface area contributed by atoms with Crippen molar-refractivity contribution >= 4 is 17.6 Å². The maximum atomic E-state index is 13.4. The molecule has 0 radical (unpaired) electrons. The number of anilines is 1. The van der Waals surface area contributed by atoms with E-state index < -0.39 is 17.6 Å². The van der Waals surface area contributed by atoms with E-state index in [4.69, 9.17) is 9.47 Å². The number of rotatable bonds is 4. The Labute approximate surface area is 165 Å². The number of hydrogen-bond acceptors (Lipinski definition) is 5. The van der Waals surface area contributed by atoms with E-state index in [2.05, 4.69) is 31.3 Å². The Bertz CT molecular complexity index is 847. The predicted octanol–water partition coefficient (Wildman–Crippen LogP) is 2.67. The molecule has 150 valence electrons. The number of esters is 1. The number of carbonyl (C=O) groups excluding carboxylic acids is 2. The van der Waals surface area contributed by atoms with Crippen LogP contribution in [0.4, 0.5) is 5.69 Å². The number of cyclic esters (lactones) is 1. The maximum Gasteiger partial charge on any atom is 0.329 e. The lowest BCUT2D eigenvalue weighted by atomic mass is 9.58. The number of nitrogens with zero attached hydrogens (tertiary/aromatic N) is 1. The Morgan fingerprint density at radius 2 is 2.00 bits per heavy atom. The van der Waals surface area contributed by atoms with Crippen molar-refractivity contribution < 1.29 is 19.1 Å². The molecule has 3 saturated heterocycles. The van der Waals surface area contributed by atoms with Gasteiger partial charge < -0.3 is 19.7 Å². The second-order valence-electron chi connectivity index (χ2n) is 9.63. The highest BCUT2D eigenvalue weighted by atomic mass is 16.6. The smallest absolute Gasteiger partial charge is 0.329 e. The summed E-state index contributed by atoms with van der Waals surface area (Å²) in [7, 11) is 0. The first-order chi connectivity index (χ1) is 13.3. The molecule has 4 aliphatic heterocycles. The molecule has 4 heterocycles. The molecule has 6 heteroatoms. The summed E-state index contributed by atoms with van der Waals surface area (Å²) in [6.45, 7) is 9.22. The topological polar surface area (TPSA) is 71.2 Å². The SMILES string of the molecule is CC(C)C[C@@H]1OC(=O)[C@@H]2C[C@@]3(C(C)(C)C4CO4)c4ccccc4N[C@H]3N2C1=O. The molecule has 0 aromatic heterocycles. The van der Waals surface area contributed by atoms with E-state index in [1.165, 1.54) is 5.56 Å². The van der Waals surface area contributed by atoms with Crippen molar-refractivity contribution in [2.75, 3.05) is 11.9 Å². The Morgan fingerprint density at radius 3 is 2.68 bits per heavy atom. The third-order valence-electron chi connectivity index (χ3n) is 7.33. The van der Waals surface area contributed by atoms with Gasteiger partial charge >= 0.3 is 5.97 Å². The van der Waals surface area contributed by atoms with Gasteiger partial charge in [-0.3, -0.25) is 4.79 Å². The highest BCUT2D eigenvalue weighted by Gasteiger charge is 2.70. The quantitative estimate of drug-likeness (QED) is 0.638. The van der Waals surface area contributed by atoms with Crippen molar-refractivity contribution in [3.05, 3.63) is 29.8 Å². The predicted molar refractivity (Wildman–Crippen MR) is 104 cm³/mol. The maximum absolute atomic E-state index is 13.4. The second kappa shape index (κ2) is 5.72. The van der Waals surface area contributed by atoms with Crippen molar-refractivity contribution in [1.29, 1.82) is 0 Å². The molecule has 1 N–H and O–H groups in total. The van der Waals surface area contributed by atoms with Gasteiger partial charge in [0.05, 0.1) is 12.7 Å². The van der Waals surface area contributed by atoms with Gasteiger partial charge in [0.25, 0.3) is 5.91 Å². The number of benzene rings is 1. The Morgan fingerprint density at radius 1 is 1.29 bits per heavy atom. The number of para-hydroxylation sites is 1. The van der Waals surface area contributed by atoms with E-state index >= 15 is 0 Å². The molecule has 0 aliphatic carbocycles. The molecule has 1 aromatic rings. The van der Waals surface area contributed by atoms with E-state index in [1.807, 2.05) is 26.0 Å². The van der Waals surface area contributed by atoms with Crippen LogP contribution in [-0.2, 0) is 24.5 Å². The Hall–Kier alpha value is -2.08. The van der Waals surface area contributed by atoms with Crippen LogP contribution in [0.2, 0.25) is 0 Å². The molecule has 28 heavy (non-hydrogen) atoms. The van der Waals surface area contributed by atoms with Crippen molar-refractivity contribution in [2.45, 2.75) is 70.4 Å². The summed E-state index contributed by atoms with van der Waals surface area (Å²) in [5.41, 5.74) is 1.60. The van der Waals surface area contributed by atoms with Crippen LogP contribution in [0.3, 0.4) is 0 Å². The average Bonchev–Trinajstić information content (AvgIpc) is 3.36. The van der Waals surface area contributed by atoms with Gasteiger partial charge in [0, 0.05) is 16.5 Å². The molecule has 0 bridgehead atoms. The van der Waals surface area contributed by atoms with Gasteiger partial charge in [-0.2, -0.15) is 0 Å². The molecule has 5 rings (SSSR count). The Balaban J connectivity index is 1.63. The normalized spacial score (nSPS) is 36.0.